The van der Waals surface area contributed by atoms with Crippen LogP contribution in [0.15, 0.2) is 34.9 Å². The molecule has 1 aromatic heterocycles. The minimum Gasteiger partial charge on any atom is -0.319 e. The van der Waals surface area contributed by atoms with Gasteiger partial charge in [-0.2, -0.15) is 5.10 Å². The van der Waals surface area contributed by atoms with Crippen LogP contribution in [-0.4, -0.2) is 9.78 Å². The first-order valence-corrected chi connectivity index (χ1v) is 6.52. The van der Waals surface area contributed by atoms with E-state index in [2.05, 4.69) is 21.0 Å². The van der Waals surface area contributed by atoms with Crippen molar-refractivity contribution in [1.82, 2.24) is 9.78 Å². The molecule has 1 heterocycles. The minimum atomic E-state index is -0.252. The highest BCUT2D eigenvalue weighted by Crippen LogP contribution is 2.28. The Morgan fingerprint density at radius 3 is 2.88 bits per heavy atom. The van der Waals surface area contributed by atoms with Crippen molar-refractivity contribution in [3.8, 4) is 0 Å². The van der Waals surface area contributed by atoms with E-state index in [4.69, 9.17) is 17.3 Å². The molecule has 0 aliphatic carbocycles. The maximum Gasteiger partial charge on any atom is 0.0737 e. The Bertz CT molecular complexity index is 524. The van der Waals surface area contributed by atoms with Gasteiger partial charge in [0.25, 0.3) is 0 Å². The third-order valence-corrected chi connectivity index (χ3v) is 3.49. The molecule has 90 valence electrons. The third kappa shape index (κ3) is 2.54. The lowest BCUT2D eigenvalue weighted by atomic mass is 10.0. The number of aromatic nitrogens is 2. The first kappa shape index (κ1) is 12.6. The van der Waals surface area contributed by atoms with Crippen LogP contribution in [0, 0.1) is 0 Å². The second-order valence-corrected chi connectivity index (χ2v) is 5.04. The molecule has 0 aliphatic rings. The van der Waals surface area contributed by atoms with E-state index < -0.39 is 0 Å². The van der Waals surface area contributed by atoms with Gasteiger partial charge in [-0.25, -0.2) is 0 Å². The highest BCUT2D eigenvalue weighted by atomic mass is 79.9. The Kier molecular flexibility index (Phi) is 3.86. The summed E-state index contributed by atoms with van der Waals surface area (Å²) in [5.74, 6) is 0. The average molecular weight is 315 g/mol. The Morgan fingerprint density at radius 1 is 1.47 bits per heavy atom. The molecule has 0 fully saturated rings. The van der Waals surface area contributed by atoms with E-state index in [1.165, 1.54) is 0 Å². The van der Waals surface area contributed by atoms with Gasteiger partial charge in [0.05, 0.1) is 11.7 Å². The van der Waals surface area contributed by atoms with Crippen LogP contribution in [0.3, 0.4) is 0 Å². The predicted octanol–water partition coefficient (Wildman–Crippen LogP) is 3.37. The van der Waals surface area contributed by atoms with Crippen molar-refractivity contribution in [2.75, 3.05) is 0 Å². The van der Waals surface area contributed by atoms with Gasteiger partial charge in [0.15, 0.2) is 0 Å². The van der Waals surface area contributed by atoms with E-state index in [0.717, 1.165) is 22.3 Å². The fourth-order valence-corrected chi connectivity index (χ4v) is 2.58. The van der Waals surface area contributed by atoms with Crippen LogP contribution < -0.4 is 5.73 Å². The Labute approximate surface area is 114 Å². The van der Waals surface area contributed by atoms with Crippen LogP contribution >= 0.6 is 27.5 Å². The van der Waals surface area contributed by atoms with Crippen LogP contribution in [0.5, 0.6) is 0 Å². The van der Waals surface area contributed by atoms with Gasteiger partial charge in [-0.3, -0.25) is 4.68 Å². The van der Waals surface area contributed by atoms with E-state index in [0.29, 0.717) is 5.02 Å². The highest BCUT2D eigenvalue weighted by molar-refractivity contribution is 9.10. The molecule has 0 saturated heterocycles. The molecule has 1 unspecified atom stereocenters. The zero-order chi connectivity index (χ0) is 12.4. The summed E-state index contributed by atoms with van der Waals surface area (Å²) in [5, 5.41) is 4.88. The van der Waals surface area contributed by atoms with Gasteiger partial charge in [-0.15, -0.1) is 0 Å². The van der Waals surface area contributed by atoms with Crippen molar-refractivity contribution in [3.63, 3.8) is 0 Å². The van der Waals surface area contributed by atoms with Crippen molar-refractivity contribution in [3.05, 3.63) is 51.2 Å². The van der Waals surface area contributed by atoms with E-state index in [-0.39, 0.29) is 6.04 Å². The summed E-state index contributed by atoms with van der Waals surface area (Å²) in [6.45, 7) is 2.83. The Balaban J connectivity index is 2.40. The number of halogens is 2. The Hall–Kier alpha value is -0.840. The molecule has 0 spiro atoms. The molecular weight excluding hydrogens is 302 g/mol. The maximum absolute atomic E-state index is 6.23. The summed E-state index contributed by atoms with van der Waals surface area (Å²) in [7, 11) is 0. The zero-order valence-corrected chi connectivity index (χ0v) is 11.7. The number of nitrogens with two attached hydrogens (primary N) is 1. The van der Waals surface area contributed by atoms with Crippen LogP contribution in [0.4, 0.5) is 0 Å². The third-order valence-electron chi connectivity index (χ3n) is 2.67. The summed E-state index contributed by atoms with van der Waals surface area (Å²) in [6, 6.07) is 7.39. The number of benzene rings is 1. The summed E-state index contributed by atoms with van der Waals surface area (Å²) in [5.41, 5.74) is 8.10. The number of aryl methyl sites for hydroxylation is 1. The normalized spacial score (nSPS) is 12.7. The summed E-state index contributed by atoms with van der Waals surface area (Å²) in [6.07, 6.45) is 1.76. The summed E-state index contributed by atoms with van der Waals surface area (Å²) < 4.78 is 2.82. The maximum atomic E-state index is 6.23. The Morgan fingerprint density at radius 2 is 2.24 bits per heavy atom. The first-order chi connectivity index (χ1) is 8.13. The molecule has 1 atom stereocenters. The van der Waals surface area contributed by atoms with Crippen LogP contribution in [0.25, 0.3) is 0 Å². The monoisotopic (exact) mass is 313 g/mol. The van der Waals surface area contributed by atoms with Crippen LogP contribution in [0.2, 0.25) is 5.02 Å². The zero-order valence-electron chi connectivity index (χ0n) is 9.40. The molecular formula is C12H13BrClN3. The molecule has 0 aliphatic heterocycles. The van der Waals surface area contributed by atoms with Crippen molar-refractivity contribution < 1.29 is 0 Å². The van der Waals surface area contributed by atoms with Gasteiger partial charge in [0.1, 0.15) is 0 Å². The van der Waals surface area contributed by atoms with Gasteiger partial charge in [0, 0.05) is 22.2 Å². The SMILES string of the molecule is CCn1nccc1C(N)c1ccc(Br)cc1Cl. The van der Waals surface area contributed by atoms with Gasteiger partial charge >= 0.3 is 0 Å². The van der Waals surface area contributed by atoms with Crippen molar-refractivity contribution >= 4 is 27.5 Å². The molecule has 1 aromatic carbocycles. The van der Waals surface area contributed by atoms with Gasteiger partial charge in [-0.05, 0) is 30.7 Å². The van der Waals surface area contributed by atoms with Gasteiger partial charge in [-0.1, -0.05) is 33.6 Å². The summed E-state index contributed by atoms with van der Waals surface area (Å²) in [4.78, 5) is 0. The molecule has 2 rings (SSSR count). The van der Waals surface area contributed by atoms with Crippen molar-refractivity contribution in [2.45, 2.75) is 19.5 Å². The second kappa shape index (κ2) is 5.21. The first-order valence-electron chi connectivity index (χ1n) is 5.35. The molecule has 17 heavy (non-hydrogen) atoms. The molecule has 2 N–H and O–H groups in total. The number of hydrogen-bond donors (Lipinski definition) is 1. The average Bonchev–Trinajstić information content (AvgIpc) is 2.76. The predicted molar refractivity (Wildman–Crippen MR) is 73.1 cm³/mol. The van der Waals surface area contributed by atoms with Gasteiger partial charge < -0.3 is 5.73 Å². The topological polar surface area (TPSA) is 43.8 Å². The number of hydrogen-bond acceptors (Lipinski definition) is 2. The summed E-state index contributed by atoms with van der Waals surface area (Å²) >= 11 is 9.58. The quantitative estimate of drug-likeness (QED) is 0.944. The molecule has 0 radical (unpaired) electrons. The fourth-order valence-electron chi connectivity index (χ4n) is 1.78. The molecule has 0 amide bonds. The second-order valence-electron chi connectivity index (χ2n) is 3.72. The lowest BCUT2D eigenvalue weighted by molar-refractivity contribution is 0.601. The van der Waals surface area contributed by atoms with Crippen LogP contribution in [0.1, 0.15) is 24.2 Å². The highest BCUT2D eigenvalue weighted by Gasteiger charge is 2.16. The lowest BCUT2D eigenvalue weighted by Gasteiger charge is -2.15. The molecule has 3 nitrogen and oxygen atoms in total. The largest absolute Gasteiger partial charge is 0.319 e. The lowest BCUT2D eigenvalue weighted by Crippen LogP contribution is -2.17. The minimum absolute atomic E-state index is 0.252. The molecule has 0 saturated carbocycles. The molecule has 2 aromatic rings. The van der Waals surface area contributed by atoms with Crippen molar-refractivity contribution in [1.29, 1.82) is 0 Å². The smallest absolute Gasteiger partial charge is 0.0737 e. The molecule has 5 heteroatoms. The van der Waals surface area contributed by atoms with E-state index in [1.807, 2.05) is 35.9 Å². The van der Waals surface area contributed by atoms with Gasteiger partial charge in [0.2, 0.25) is 0 Å². The van der Waals surface area contributed by atoms with Crippen molar-refractivity contribution in [2.24, 2.45) is 5.73 Å². The van der Waals surface area contributed by atoms with Crippen LogP contribution in [-0.2, 0) is 6.54 Å². The standard InChI is InChI=1S/C12H13BrClN3/c1-2-17-11(5-6-16-17)12(15)9-4-3-8(13)7-10(9)14/h3-7,12H,2,15H2,1H3. The number of rotatable bonds is 3. The molecule has 0 bridgehead atoms. The van der Waals surface area contributed by atoms with E-state index in [9.17, 15) is 0 Å². The number of nitrogens with zero attached hydrogens (tertiary/aromatic N) is 2. The fraction of sp³-hybridized carbons (Fsp3) is 0.250. The van der Waals surface area contributed by atoms with E-state index >= 15 is 0 Å². The van der Waals surface area contributed by atoms with E-state index in [1.54, 1.807) is 6.20 Å².